The molecule has 26 heavy (non-hydrogen) atoms. The van der Waals surface area contributed by atoms with E-state index >= 15 is 0 Å². The normalized spacial score (nSPS) is 24.2. The monoisotopic (exact) mass is 358 g/mol. The summed E-state index contributed by atoms with van der Waals surface area (Å²) in [6, 6.07) is 5.23. The molecule has 3 rings (SSSR count). The molecule has 0 bridgehead atoms. The summed E-state index contributed by atoms with van der Waals surface area (Å²) in [7, 11) is 0. The topological polar surface area (TPSA) is 66.9 Å². The first-order valence-corrected chi connectivity index (χ1v) is 9.27. The van der Waals surface area contributed by atoms with Gasteiger partial charge in [0.05, 0.1) is 30.7 Å². The molecule has 0 radical (unpaired) electrons. The highest BCUT2D eigenvalue weighted by molar-refractivity contribution is 6.22. The largest absolute Gasteiger partial charge is 0.466 e. The van der Waals surface area contributed by atoms with Crippen molar-refractivity contribution in [3.05, 3.63) is 29.3 Å². The first-order valence-electron chi connectivity index (χ1n) is 9.27. The number of imide groups is 1. The number of benzene rings is 1. The Morgan fingerprint density at radius 1 is 1.27 bits per heavy atom. The third-order valence-electron chi connectivity index (χ3n) is 5.23. The molecular weight excluding hydrogens is 332 g/mol. The van der Waals surface area contributed by atoms with Crippen LogP contribution in [0.25, 0.3) is 0 Å². The van der Waals surface area contributed by atoms with Crippen LogP contribution in [0.15, 0.2) is 18.2 Å². The molecule has 2 saturated heterocycles. The number of hydrogen-bond acceptors (Lipinski definition) is 5. The van der Waals surface area contributed by atoms with Gasteiger partial charge < -0.3 is 4.74 Å². The minimum absolute atomic E-state index is 0.168. The fourth-order valence-electron chi connectivity index (χ4n) is 3.95. The van der Waals surface area contributed by atoms with Crippen molar-refractivity contribution in [3.63, 3.8) is 0 Å². The van der Waals surface area contributed by atoms with Gasteiger partial charge in [0, 0.05) is 6.54 Å². The number of nitrogens with zero attached hydrogens (tertiary/aromatic N) is 2. The molecule has 6 heteroatoms. The van der Waals surface area contributed by atoms with E-state index in [1.807, 2.05) is 36.9 Å². The minimum Gasteiger partial charge on any atom is -0.466 e. The van der Waals surface area contributed by atoms with E-state index in [4.69, 9.17) is 4.74 Å². The minimum atomic E-state index is -0.486. The van der Waals surface area contributed by atoms with Gasteiger partial charge in [-0.2, -0.15) is 0 Å². The van der Waals surface area contributed by atoms with Crippen molar-refractivity contribution in [2.24, 2.45) is 5.92 Å². The molecule has 2 aliphatic heterocycles. The number of likely N-dealkylation sites (tertiary alicyclic amines) is 1. The number of esters is 1. The second kappa shape index (κ2) is 7.58. The average Bonchev–Trinajstić information content (AvgIpc) is 2.90. The van der Waals surface area contributed by atoms with Crippen LogP contribution in [0.4, 0.5) is 5.69 Å². The van der Waals surface area contributed by atoms with E-state index in [1.54, 1.807) is 6.92 Å². The standard InChI is InChI=1S/C20H26N2O4/c1-4-26-20(25)15-6-5-9-21(12-15)17-11-18(23)22(19(17)24)16-8-7-13(2)10-14(16)3/h7-8,10,15,17H,4-6,9,11-12H2,1-3H3/t15-,17+/m0/s1. The highest BCUT2D eigenvalue weighted by Gasteiger charge is 2.44. The molecule has 0 aromatic heterocycles. The van der Waals surface area contributed by atoms with Gasteiger partial charge in [-0.05, 0) is 51.8 Å². The summed E-state index contributed by atoms with van der Waals surface area (Å²) in [4.78, 5) is 40.9. The summed E-state index contributed by atoms with van der Waals surface area (Å²) >= 11 is 0. The second-order valence-corrected chi connectivity index (χ2v) is 7.16. The van der Waals surface area contributed by atoms with Crippen molar-refractivity contribution in [3.8, 4) is 0 Å². The van der Waals surface area contributed by atoms with Crippen LogP contribution in [0.3, 0.4) is 0 Å². The molecular formula is C20H26N2O4. The van der Waals surface area contributed by atoms with Crippen LogP contribution in [0, 0.1) is 19.8 Å². The summed E-state index contributed by atoms with van der Waals surface area (Å²) in [6.45, 7) is 7.24. The molecule has 140 valence electrons. The van der Waals surface area contributed by atoms with Crippen LogP contribution >= 0.6 is 0 Å². The molecule has 6 nitrogen and oxygen atoms in total. The predicted octanol–water partition coefficient (Wildman–Crippen LogP) is 2.21. The van der Waals surface area contributed by atoms with Crippen molar-refractivity contribution < 1.29 is 19.1 Å². The Hall–Kier alpha value is -2.21. The van der Waals surface area contributed by atoms with Gasteiger partial charge in [0.2, 0.25) is 5.91 Å². The van der Waals surface area contributed by atoms with Crippen LogP contribution in [0.1, 0.15) is 37.3 Å². The van der Waals surface area contributed by atoms with E-state index in [-0.39, 0.29) is 30.1 Å². The van der Waals surface area contributed by atoms with Gasteiger partial charge >= 0.3 is 5.97 Å². The van der Waals surface area contributed by atoms with Crippen LogP contribution < -0.4 is 4.90 Å². The van der Waals surface area contributed by atoms with Crippen LogP contribution in [0.2, 0.25) is 0 Å². The number of piperidine rings is 1. The summed E-state index contributed by atoms with van der Waals surface area (Å²) in [5.41, 5.74) is 2.66. The quantitative estimate of drug-likeness (QED) is 0.610. The molecule has 2 fully saturated rings. The molecule has 1 aromatic rings. The molecule has 2 amide bonds. The van der Waals surface area contributed by atoms with Gasteiger partial charge in [-0.3, -0.25) is 19.3 Å². The number of carbonyl (C=O) groups is 3. The Balaban J connectivity index is 1.77. The zero-order chi connectivity index (χ0) is 18.8. The van der Waals surface area contributed by atoms with Crippen LogP contribution in [-0.2, 0) is 19.1 Å². The van der Waals surface area contributed by atoms with Crippen molar-refractivity contribution >= 4 is 23.5 Å². The van der Waals surface area contributed by atoms with E-state index in [2.05, 4.69) is 0 Å². The zero-order valence-corrected chi connectivity index (χ0v) is 15.7. The van der Waals surface area contributed by atoms with Gasteiger partial charge in [-0.15, -0.1) is 0 Å². The summed E-state index contributed by atoms with van der Waals surface area (Å²) < 4.78 is 5.13. The van der Waals surface area contributed by atoms with Crippen LogP contribution in [-0.4, -0.2) is 48.4 Å². The number of anilines is 1. The van der Waals surface area contributed by atoms with Gasteiger partial charge in [0.15, 0.2) is 0 Å². The van der Waals surface area contributed by atoms with Crippen molar-refractivity contribution in [2.75, 3.05) is 24.6 Å². The third-order valence-corrected chi connectivity index (χ3v) is 5.23. The number of aryl methyl sites for hydroxylation is 2. The summed E-state index contributed by atoms with van der Waals surface area (Å²) in [6.07, 6.45) is 1.76. The highest BCUT2D eigenvalue weighted by Crippen LogP contribution is 2.31. The Kier molecular flexibility index (Phi) is 5.41. The Morgan fingerprint density at radius 2 is 2.04 bits per heavy atom. The first-order chi connectivity index (χ1) is 12.4. The lowest BCUT2D eigenvalue weighted by molar-refractivity contribution is -0.150. The molecule has 2 aliphatic rings. The van der Waals surface area contributed by atoms with Crippen molar-refractivity contribution in [1.82, 2.24) is 4.90 Å². The number of hydrogen-bond donors (Lipinski definition) is 0. The average molecular weight is 358 g/mol. The van der Waals surface area contributed by atoms with E-state index < -0.39 is 6.04 Å². The maximum Gasteiger partial charge on any atom is 0.310 e. The molecule has 0 N–H and O–H groups in total. The molecule has 2 atom stereocenters. The maximum absolute atomic E-state index is 13.0. The number of carbonyl (C=O) groups excluding carboxylic acids is 3. The maximum atomic E-state index is 13.0. The first kappa shape index (κ1) is 18.6. The fourth-order valence-corrected chi connectivity index (χ4v) is 3.95. The SMILES string of the molecule is CCOC(=O)[C@H]1CCCN([C@@H]2CC(=O)N(c3ccc(C)cc3C)C2=O)C1. The summed E-state index contributed by atoms with van der Waals surface area (Å²) in [5.74, 6) is -0.793. The Morgan fingerprint density at radius 3 is 2.73 bits per heavy atom. The lowest BCUT2D eigenvalue weighted by atomic mass is 9.96. The third kappa shape index (κ3) is 3.51. The lowest BCUT2D eigenvalue weighted by Crippen LogP contribution is -2.48. The molecule has 0 spiro atoms. The molecule has 2 heterocycles. The van der Waals surface area contributed by atoms with E-state index in [0.717, 1.165) is 30.5 Å². The molecule has 0 unspecified atom stereocenters. The van der Waals surface area contributed by atoms with Gasteiger partial charge in [0.1, 0.15) is 0 Å². The Bertz CT molecular complexity index is 731. The fraction of sp³-hybridized carbons (Fsp3) is 0.550. The van der Waals surface area contributed by atoms with E-state index in [0.29, 0.717) is 18.8 Å². The number of amides is 2. The van der Waals surface area contributed by atoms with Gasteiger partial charge in [-0.1, -0.05) is 17.7 Å². The van der Waals surface area contributed by atoms with Crippen molar-refractivity contribution in [1.29, 1.82) is 0 Å². The van der Waals surface area contributed by atoms with Crippen LogP contribution in [0.5, 0.6) is 0 Å². The number of ether oxygens (including phenoxy) is 1. The second-order valence-electron chi connectivity index (χ2n) is 7.16. The lowest BCUT2D eigenvalue weighted by Gasteiger charge is -2.34. The Labute approximate surface area is 154 Å². The van der Waals surface area contributed by atoms with E-state index in [1.165, 1.54) is 4.90 Å². The van der Waals surface area contributed by atoms with Gasteiger partial charge in [0.25, 0.3) is 5.91 Å². The number of rotatable bonds is 4. The smallest absolute Gasteiger partial charge is 0.310 e. The van der Waals surface area contributed by atoms with Crippen molar-refractivity contribution in [2.45, 2.75) is 46.1 Å². The van der Waals surface area contributed by atoms with E-state index in [9.17, 15) is 14.4 Å². The molecule has 0 saturated carbocycles. The molecule has 1 aromatic carbocycles. The molecule has 0 aliphatic carbocycles. The highest BCUT2D eigenvalue weighted by atomic mass is 16.5. The summed E-state index contributed by atoms with van der Waals surface area (Å²) in [5, 5.41) is 0. The van der Waals surface area contributed by atoms with Gasteiger partial charge in [-0.25, -0.2) is 4.90 Å². The predicted molar refractivity (Wildman–Crippen MR) is 97.7 cm³/mol. The zero-order valence-electron chi connectivity index (χ0n) is 15.7.